The van der Waals surface area contributed by atoms with Gasteiger partial charge in [0.25, 0.3) is 0 Å². The van der Waals surface area contributed by atoms with Crippen molar-refractivity contribution in [2.75, 3.05) is 6.61 Å². The molecular weight excluding hydrogens is 176 g/mol. The highest BCUT2D eigenvalue weighted by atomic mass is 19.2. The Hall–Kier alpha value is -1.16. The zero-order valence-electron chi connectivity index (χ0n) is 6.97. The lowest BCUT2D eigenvalue weighted by Crippen LogP contribution is -2.24. The van der Waals surface area contributed by atoms with Crippen LogP contribution in [0.5, 0.6) is 5.75 Å². The van der Waals surface area contributed by atoms with E-state index in [4.69, 9.17) is 10.5 Å². The molecule has 0 amide bonds. The highest BCUT2D eigenvalue weighted by molar-refractivity contribution is 5.23. The first-order valence-electron chi connectivity index (χ1n) is 3.76. The summed E-state index contributed by atoms with van der Waals surface area (Å²) in [6.07, 6.45) is 0. The largest absolute Gasteiger partial charge is 0.492 e. The first kappa shape index (κ1) is 9.92. The second kappa shape index (κ2) is 4.18. The molecule has 0 saturated carbocycles. The number of hydrogen-bond donors (Lipinski definition) is 1. The van der Waals surface area contributed by atoms with E-state index >= 15 is 0 Å². The zero-order valence-corrected chi connectivity index (χ0v) is 6.97. The van der Waals surface area contributed by atoms with Crippen molar-refractivity contribution < 1.29 is 13.5 Å². The minimum absolute atomic E-state index is 0.172. The molecule has 0 aliphatic heterocycles. The van der Waals surface area contributed by atoms with E-state index in [1.54, 1.807) is 0 Å². The Balaban J connectivity index is 2.63. The molecule has 1 atom stereocenters. The summed E-state index contributed by atoms with van der Waals surface area (Å²) in [4.78, 5) is 0. The Morgan fingerprint density at radius 3 is 2.62 bits per heavy atom. The van der Waals surface area contributed by atoms with Crippen LogP contribution in [0, 0.1) is 18.6 Å². The molecule has 71 valence electrons. The van der Waals surface area contributed by atoms with E-state index in [0.29, 0.717) is 0 Å². The average molecular weight is 186 g/mol. The summed E-state index contributed by atoms with van der Waals surface area (Å²) in [5.41, 5.74) is 5.30. The Bertz CT molecular complexity index is 289. The van der Waals surface area contributed by atoms with E-state index in [1.807, 2.05) is 0 Å². The number of halogens is 2. The molecule has 2 N–H and O–H groups in total. The standard InChI is InChI=1S/C9H10F2NO/c1-6(12)5-13-7-2-3-8(10)9(11)4-7/h2-4,6H,1,5,12H2. The molecule has 4 heteroatoms. The van der Waals surface area contributed by atoms with E-state index in [1.165, 1.54) is 6.07 Å². The fraction of sp³-hybridized carbons (Fsp3) is 0.222. The molecule has 0 aromatic heterocycles. The summed E-state index contributed by atoms with van der Waals surface area (Å²) >= 11 is 0. The van der Waals surface area contributed by atoms with Crippen molar-refractivity contribution in [3.63, 3.8) is 0 Å². The number of rotatable bonds is 3. The lowest BCUT2D eigenvalue weighted by Gasteiger charge is -2.08. The van der Waals surface area contributed by atoms with E-state index in [0.717, 1.165) is 12.1 Å². The van der Waals surface area contributed by atoms with Gasteiger partial charge in [-0.3, -0.25) is 0 Å². The fourth-order valence-electron chi connectivity index (χ4n) is 0.770. The lowest BCUT2D eigenvalue weighted by atomic mass is 10.3. The van der Waals surface area contributed by atoms with Crippen LogP contribution in [-0.2, 0) is 0 Å². The molecule has 13 heavy (non-hydrogen) atoms. The van der Waals surface area contributed by atoms with Crippen molar-refractivity contribution in [1.82, 2.24) is 0 Å². The summed E-state index contributed by atoms with van der Waals surface area (Å²) in [7, 11) is 0. The third-order valence-corrected chi connectivity index (χ3v) is 1.36. The van der Waals surface area contributed by atoms with Gasteiger partial charge >= 0.3 is 0 Å². The molecule has 0 fully saturated rings. The van der Waals surface area contributed by atoms with Crippen LogP contribution in [0.4, 0.5) is 8.78 Å². The quantitative estimate of drug-likeness (QED) is 0.776. The van der Waals surface area contributed by atoms with Gasteiger partial charge in [-0.05, 0) is 19.1 Å². The third-order valence-electron chi connectivity index (χ3n) is 1.36. The van der Waals surface area contributed by atoms with E-state index in [9.17, 15) is 8.78 Å². The van der Waals surface area contributed by atoms with Gasteiger partial charge in [0.2, 0.25) is 0 Å². The van der Waals surface area contributed by atoms with Gasteiger partial charge in [-0.25, -0.2) is 8.78 Å². The van der Waals surface area contributed by atoms with E-state index in [-0.39, 0.29) is 18.4 Å². The maximum atomic E-state index is 12.6. The van der Waals surface area contributed by atoms with Crippen molar-refractivity contribution in [3.8, 4) is 5.75 Å². The summed E-state index contributed by atoms with van der Waals surface area (Å²) < 4.78 is 30.0. The molecule has 1 unspecified atom stereocenters. The molecule has 1 radical (unpaired) electrons. The first-order valence-corrected chi connectivity index (χ1v) is 3.76. The molecule has 0 bridgehead atoms. The number of benzene rings is 1. The second-order valence-electron chi connectivity index (χ2n) is 2.65. The average Bonchev–Trinajstić information content (AvgIpc) is 2.07. The summed E-state index contributed by atoms with van der Waals surface area (Å²) in [6.45, 7) is 3.65. The van der Waals surface area contributed by atoms with Crippen LogP contribution in [0.25, 0.3) is 0 Å². The number of ether oxygens (including phenoxy) is 1. The number of nitrogens with two attached hydrogens (primary N) is 1. The van der Waals surface area contributed by atoms with Crippen LogP contribution in [0.3, 0.4) is 0 Å². The monoisotopic (exact) mass is 186 g/mol. The van der Waals surface area contributed by atoms with E-state index < -0.39 is 11.6 Å². The SMILES string of the molecule is [CH2]C(N)COc1ccc(F)c(F)c1. The maximum absolute atomic E-state index is 12.6. The van der Waals surface area contributed by atoms with Crippen LogP contribution in [-0.4, -0.2) is 12.6 Å². The molecule has 0 saturated heterocycles. The highest BCUT2D eigenvalue weighted by Crippen LogP contribution is 2.15. The Morgan fingerprint density at radius 1 is 1.38 bits per heavy atom. The Morgan fingerprint density at radius 2 is 2.08 bits per heavy atom. The molecule has 0 spiro atoms. The van der Waals surface area contributed by atoms with Crippen molar-refractivity contribution >= 4 is 0 Å². The van der Waals surface area contributed by atoms with Gasteiger partial charge in [0.1, 0.15) is 12.4 Å². The maximum Gasteiger partial charge on any atom is 0.162 e. The summed E-state index contributed by atoms with van der Waals surface area (Å²) in [5.74, 6) is -1.58. The predicted octanol–water partition coefficient (Wildman–Crippen LogP) is 1.50. The first-order chi connectivity index (χ1) is 6.09. The van der Waals surface area contributed by atoms with Crippen LogP contribution < -0.4 is 10.5 Å². The minimum atomic E-state index is -0.935. The van der Waals surface area contributed by atoms with Gasteiger partial charge in [-0.2, -0.15) is 0 Å². The lowest BCUT2D eigenvalue weighted by molar-refractivity contribution is 0.303. The molecule has 1 aromatic rings. The van der Waals surface area contributed by atoms with Crippen molar-refractivity contribution in [3.05, 3.63) is 36.8 Å². The van der Waals surface area contributed by atoms with Crippen LogP contribution in [0.2, 0.25) is 0 Å². The van der Waals surface area contributed by atoms with Crippen LogP contribution in [0.1, 0.15) is 0 Å². The Labute approximate surface area is 75.3 Å². The smallest absolute Gasteiger partial charge is 0.162 e. The van der Waals surface area contributed by atoms with E-state index in [2.05, 4.69) is 6.92 Å². The fourth-order valence-corrected chi connectivity index (χ4v) is 0.770. The van der Waals surface area contributed by atoms with Crippen molar-refractivity contribution in [2.24, 2.45) is 5.73 Å². The van der Waals surface area contributed by atoms with Crippen molar-refractivity contribution in [1.29, 1.82) is 0 Å². The topological polar surface area (TPSA) is 35.2 Å². The van der Waals surface area contributed by atoms with Gasteiger partial charge in [0.05, 0.1) is 0 Å². The zero-order chi connectivity index (χ0) is 9.84. The summed E-state index contributed by atoms with van der Waals surface area (Å²) in [6, 6.07) is 2.92. The van der Waals surface area contributed by atoms with Gasteiger partial charge < -0.3 is 10.5 Å². The molecule has 0 heterocycles. The molecule has 0 aliphatic carbocycles. The summed E-state index contributed by atoms with van der Waals surface area (Å²) in [5, 5.41) is 0. The van der Waals surface area contributed by atoms with Crippen molar-refractivity contribution in [2.45, 2.75) is 6.04 Å². The number of hydrogen-bond acceptors (Lipinski definition) is 2. The molecular formula is C9H10F2NO. The molecule has 1 aromatic carbocycles. The van der Waals surface area contributed by atoms with Gasteiger partial charge in [-0.1, -0.05) is 0 Å². The normalized spacial score (nSPS) is 12.6. The Kier molecular flexibility index (Phi) is 3.19. The van der Waals surface area contributed by atoms with Gasteiger partial charge in [0.15, 0.2) is 11.6 Å². The second-order valence-corrected chi connectivity index (χ2v) is 2.65. The molecule has 1 rings (SSSR count). The van der Waals surface area contributed by atoms with Gasteiger partial charge in [-0.15, -0.1) is 0 Å². The minimum Gasteiger partial charge on any atom is -0.492 e. The van der Waals surface area contributed by atoms with Crippen LogP contribution >= 0.6 is 0 Å². The highest BCUT2D eigenvalue weighted by Gasteiger charge is 2.03. The van der Waals surface area contributed by atoms with Gasteiger partial charge in [0, 0.05) is 12.1 Å². The molecule has 0 aliphatic rings. The predicted molar refractivity (Wildman–Crippen MR) is 45.2 cm³/mol. The third kappa shape index (κ3) is 2.99. The van der Waals surface area contributed by atoms with Crippen LogP contribution in [0.15, 0.2) is 18.2 Å². The molecule has 2 nitrogen and oxygen atoms in total.